The molecule has 2 amide bonds. The van der Waals surface area contributed by atoms with Gasteiger partial charge in [0.25, 0.3) is 0 Å². The van der Waals surface area contributed by atoms with E-state index in [0.29, 0.717) is 19.6 Å². The van der Waals surface area contributed by atoms with Gasteiger partial charge in [-0.1, -0.05) is 6.58 Å². The number of rotatable bonds is 3. The maximum Gasteiger partial charge on any atom is 0.413 e. The highest BCUT2D eigenvalue weighted by Gasteiger charge is 2.45. The van der Waals surface area contributed by atoms with Crippen molar-refractivity contribution in [3.8, 4) is 0 Å². The molecule has 3 aliphatic rings. The summed E-state index contributed by atoms with van der Waals surface area (Å²) in [6.07, 6.45) is -2.23. The van der Waals surface area contributed by atoms with E-state index in [4.69, 9.17) is 5.73 Å². The molecule has 1 aromatic rings. The molecular formula is C22H23F4N3O2. The van der Waals surface area contributed by atoms with Crippen LogP contribution in [-0.2, 0) is 11.2 Å². The van der Waals surface area contributed by atoms with E-state index >= 15 is 4.39 Å². The lowest BCUT2D eigenvalue weighted by Gasteiger charge is -2.36. The molecule has 5 nitrogen and oxygen atoms in total. The van der Waals surface area contributed by atoms with E-state index in [1.54, 1.807) is 9.80 Å². The Morgan fingerprint density at radius 3 is 2.61 bits per heavy atom. The lowest BCUT2D eigenvalue weighted by molar-refractivity contribution is -0.130. The highest BCUT2D eigenvalue weighted by molar-refractivity contribution is 5.99. The van der Waals surface area contributed by atoms with Gasteiger partial charge in [0, 0.05) is 42.8 Å². The van der Waals surface area contributed by atoms with Crippen molar-refractivity contribution in [2.45, 2.75) is 38.4 Å². The number of anilines is 1. The second-order valence-corrected chi connectivity index (χ2v) is 8.36. The van der Waals surface area contributed by atoms with E-state index < -0.39 is 29.9 Å². The van der Waals surface area contributed by atoms with Gasteiger partial charge in [-0.2, -0.15) is 13.2 Å². The van der Waals surface area contributed by atoms with Gasteiger partial charge in [-0.3, -0.25) is 9.59 Å². The number of likely N-dealkylation sites (tertiary alicyclic amines) is 1. The van der Waals surface area contributed by atoms with Gasteiger partial charge in [0.1, 0.15) is 5.82 Å². The van der Waals surface area contributed by atoms with Crippen molar-refractivity contribution in [1.29, 1.82) is 0 Å². The molecule has 1 aliphatic carbocycles. The zero-order chi connectivity index (χ0) is 22.7. The van der Waals surface area contributed by atoms with Crippen LogP contribution in [0.5, 0.6) is 0 Å². The molecular weight excluding hydrogens is 414 g/mol. The second kappa shape index (κ2) is 7.39. The normalized spacial score (nSPS) is 23.1. The quantitative estimate of drug-likeness (QED) is 0.582. The van der Waals surface area contributed by atoms with Gasteiger partial charge in [-0.05, 0) is 49.0 Å². The highest BCUT2D eigenvalue weighted by Crippen LogP contribution is 2.48. The lowest BCUT2D eigenvalue weighted by atomic mass is 9.92. The Hall–Kier alpha value is -2.84. The molecule has 2 N–H and O–H groups in total. The average molecular weight is 437 g/mol. The average Bonchev–Trinajstić information content (AvgIpc) is 3.28. The molecule has 0 radical (unpaired) electrons. The van der Waals surface area contributed by atoms with E-state index in [1.165, 1.54) is 13.0 Å². The molecule has 31 heavy (non-hydrogen) atoms. The Morgan fingerprint density at radius 2 is 2.00 bits per heavy atom. The second-order valence-electron chi connectivity index (χ2n) is 8.36. The number of halogens is 4. The fourth-order valence-corrected chi connectivity index (χ4v) is 5.32. The number of carbonyl (C=O) groups excluding carboxylic acids is 2. The van der Waals surface area contributed by atoms with Crippen LogP contribution in [0.4, 0.5) is 23.2 Å². The molecule has 4 rings (SSSR count). The Balaban J connectivity index is 1.81. The molecule has 2 aliphatic heterocycles. The maximum atomic E-state index is 15.3. The van der Waals surface area contributed by atoms with Crippen LogP contribution in [0.2, 0.25) is 0 Å². The minimum Gasteiger partial charge on any atom is -0.366 e. The van der Waals surface area contributed by atoms with Crippen LogP contribution in [0, 0.1) is 11.7 Å². The Morgan fingerprint density at radius 1 is 1.29 bits per heavy atom. The Bertz CT molecular complexity index is 1010. The number of nitrogens with two attached hydrogens (primary N) is 1. The molecule has 2 unspecified atom stereocenters. The van der Waals surface area contributed by atoms with Crippen molar-refractivity contribution in [2.75, 3.05) is 24.5 Å². The molecule has 166 valence electrons. The van der Waals surface area contributed by atoms with Gasteiger partial charge in [0.15, 0.2) is 0 Å². The number of hydrogen-bond donors (Lipinski definition) is 1. The fraction of sp³-hybridized carbons (Fsp3) is 0.455. The first-order valence-corrected chi connectivity index (χ1v) is 10.1. The van der Waals surface area contributed by atoms with Gasteiger partial charge < -0.3 is 15.5 Å². The lowest BCUT2D eigenvalue weighted by Crippen LogP contribution is -2.47. The van der Waals surface area contributed by atoms with Crippen LogP contribution in [-0.4, -0.2) is 48.6 Å². The summed E-state index contributed by atoms with van der Waals surface area (Å²) in [5.74, 6) is -1.87. The zero-order valence-corrected chi connectivity index (χ0v) is 17.1. The van der Waals surface area contributed by atoms with Gasteiger partial charge in [-0.25, -0.2) is 4.39 Å². The zero-order valence-electron chi connectivity index (χ0n) is 17.1. The molecule has 2 heterocycles. The summed E-state index contributed by atoms with van der Waals surface area (Å²) in [7, 11) is 0. The smallest absolute Gasteiger partial charge is 0.366 e. The molecule has 2 atom stereocenters. The highest BCUT2D eigenvalue weighted by atomic mass is 19.4. The van der Waals surface area contributed by atoms with E-state index in [9.17, 15) is 22.8 Å². The Kier molecular flexibility index (Phi) is 5.10. The summed E-state index contributed by atoms with van der Waals surface area (Å²) in [6, 6.07) is 0.774. The standard InChI is InChI=1S/C22H23F4N3O2/c1-3-18(30)29-6-4-5-12-9-28(10-17(12)29)20-16(23)8-14(21(27)31)13-7-15(22(24,25)26)11(2)19(13)20/h3,8,12,17H,1,4-7,9-10H2,2H3,(H2,27,31). The minimum atomic E-state index is -4.60. The van der Waals surface area contributed by atoms with Crippen molar-refractivity contribution in [3.05, 3.63) is 46.8 Å². The first-order chi connectivity index (χ1) is 14.5. The third kappa shape index (κ3) is 3.40. The maximum absolute atomic E-state index is 15.3. The van der Waals surface area contributed by atoms with Crippen molar-refractivity contribution >= 4 is 23.1 Å². The number of fused-ring (bicyclic) bond motifs is 2. The summed E-state index contributed by atoms with van der Waals surface area (Å²) in [5, 5.41) is 0. The number of carbonyl (C=O) groups is 2. The third-order valence-corrected chi connectivity index (χ3v) is 6.70. The molecule has 0 spiro atoms. The van der Waals surface area contributed by atoms with Crippen LogP contribution >= 0.6 is 0 Å². The van der Waals surface area contributed by atoms with Crippen molar-refractivity contribution in [3.63, 3.8) is 0 Å². The van der Waals surface area contributed by atoms with E-state index in [-0.39, 0.29) is 45.8 Å². The largest absolute Gasteiger partial charge is 0.413 e. The molecule has 0 saturated carbocycles. The summed E-state index contributed by atoms with van der Waals surface area (Å²) in [4.78, 5) is 27.5. The summed E-state index contributed by atoms with van der Waals surface area (Å²) < 4.78 is 56.1. The molecule has 2 saturated heterocycles. The van der Waals surface area contributed by atoms with Crippen LogP contribution in [0.1, 0.15) is 41.3 Å². The first-order valence-electron chi connectivity index (χ1n) is 10.1. The SMILES string of the molecule is C=CC(=O)N1CCCC2CN(c3c(F)cc(C(N)=O)c4c3C(C)=C(C(F)(F)F)C4)CC21. The number of benzene rings is 1. The number of hydrogen-bond acceptors (Lipinski definition) is 3. The van der Waals surface area contributed by atoms with E-state index in [0.717, 1.165) is 18.9 Å². The predicted octanol–water partition coefficient (Wildman–Crippen LogP) is 3.43. The molecule has 9 heteroatoms. The topological polar surface area (TPSA) is 66.6 Å². The van der Waals surface area contributed by atoms with Crippen molar-refractivity contribution in [2.24, 2.45) is 11.7 Å². The van der Waals surface area contributed by atoms with Gasteiger partial charge in [0.2, 0.25) is 11.8 Å². The summed E-state index contributed by atoms with van der Waals surface area (Å²) in [6.45, 7) is 6.13. The van der Waals surface area contributed by atoms with Gasteiger partial charge in [-0.15, -0.1) is 0 Å². The van der Waals surface area contributed by atoms with Gasteiger partial charge >= 0.3 is 6.18 Å². The molecule has 0 bridgehead atoms. The fourth-order valence-electron chi connectivity index (χ4n) is 5.32. The summed E-state index contributed by atoms with van der Waals surface area (Å²) >= 11 is 0. The summed E-state index contributed by atoms with van der Waals surface area (Å²) in [5.41, 5.74) is 4.50. The number of nitrogens with zero attached hydrogens (tertiary/aromatic N) is 2. The van der Waals surface area contributed by atoms with Crippen molar-refractivity contribution < 1.29 is 27.2 Å². The van der Waals surface area contributed by atoms with Gasteiger partial charge in [0.05, 0.1) is 11.7 Å². The Labute approximate surface area is 177 Å². The van der Waals surface area contributed by atoms with Crippen LogP contribution < -0.4 is 10.6 Å². The van der Waals surface area contributed by atoms with Crippen LogP contribution in [0.15, 0.2) is 24.3 Å². The number of allylic oxidation sites excluding steroid dienone is 2. The molecule has 1 aromatic carbocycles. The number of piperidine rings is 1. The van der Waals surface area contributed by atoms with Crippen molar-refractivity contribution in [1.82, 2.24) is 4.90 Å². The predicted molar refractivity (Wildman–Crippen MR) is 108 cm³/mol. The molecule has 2 fully saturated rings. The number of alkyl halides is 3. The number of primary amides is 1. The number of amides is 2. The minimum absolute atomic E-state index is 0.0529. The molecule has 0 aromatic heterocycles. The first kappa shape index (κ1) is 21.4. The van der Waals surface area contributed by atoms with E-state index in [1.807, 2.05) is 0 Å². The monoisotopic (exact) mass is 437 g/mol. The van der Waals surface area contributed by atoms with E-state index in [2.05, 4.69) is 6.58 Å². The third-order valence-electron chi connectivity index (χ3n) is 6.70. The van der Waals surface area contributed by atoms with Crippen LogP contribution in [0.25, 0.3) is 5.57 Å². The van der Waals surface area contributed by atoms with Crippen LogP contribution in [0.3, 0.4) is 0 Å².